The first kappa shape index (κ1) is 21.7. The van der Waals surface area contributed by atoms with E-state index in [1.54, 1.807) is 19.9 Å². The van der Waals surface area contributed by atoms with Crippen LogP contribution in [0.25, 0.3) is 0 Å². The molecule has 0 amide bonds. The summed E-state index contributed by atoms with van der Waals surface area (Å²) in [6.45, 7) is 6.55. The van der Waals surface area contributed by atoms with Crippen LogP contribution < -0.4 is 0 Å². The summed E-state index contributed by atoms with van der Waals surface area (Å²) < 4.78 is 29.6. The van der Waals surface area contributed by atoms with Crippen LogP contribution in [0.15, 0.2) is 11.6 Å². The van der Waals surface area contributed by atoms with Gasteiger partial charge in [-0.1, -0.05) is 19.4 Å². The summed E-state index contributed by atoms with van der Waals surface area (Å²) in [6.07, 6.45) is 1.96. The Kier molecular flexibility index (Phi) is 4.37. The standard InChI is InChI=1S/C24H33FO6/c1-20(2)30-19-10-16-15-6-5-13-9-14(27)7-8-21(13,3)23(15,25)17(28)11-22(16,4)24(19,31-20)18(29)12-26/h9,15-17,19,26,28H,5-8,10-12H2,1-4H3/t15-,16-,17+,19-,21-,22-,23-,24+/m0/s1. The highest BCUT2D eigenvalue weighted by atomic mass is 19.1. The average molecular weight is 437 g/mol. The van der Waals surface area contributed by atoms with Gasteiger partial charge >= 0.3 is 0 Å². The average Bonchev–Trinajstić information content (AvgIpc) is 3.09. The van der Waals surface area contributed by atoms with Crippen molar-refractivity contribution in [2.24, 2.45) is 22.7 Å². The fraction of sp³-hybridized carbons (Fsp3) is 0.833. The number of carbonyl (C=O) groups is 2. The summed E-state index contributed by atoms with van der Waals surface area (Å²) in [4.78, 5) is 25.2. The third kappa shape index (κ3) is 2.36. The number of rotatable bonds is 2. The van der Waals surface area contributed by atoms with Crippen molar-refractivity contribution in [2.45, 2.75) is 95.5 Å². The molecule has 4 fully saturated rings. The third-order valence-corrected chi connectivity index (χ3v) is 9.59. The molecule has 1 saturated heterocycles. The molecule has 4 aliphatic carbocycles. The molecule has 7 heteroatoms. The molecule has 31 heavy (non-hydrogen) atoms. The van der Waals surface area contributed by atoms with Crippen molar-refractivity contribution in [3.63, 3.8) is 0 Å². The number of aliphatic hydroxyl groups excluding tert-OH is 2. The Balaban J connectivity index is 1.63. The van der Waals surface area contributed by atoms with Crippen molar-refractivity contribution in [3.05, 3.63) is 11.6 Å². The second kappa shape index (κ2) is 6.25. The molecule has 8 atom stereocenters. The summed E-state index contributed by atoms with van der Waals surface area (Å²) in [6, 6.07) is 0. The maximum absolute atomic E-state index is 17.2. The Morgan fingerprint density at radius 3 is 2.61 bits per heavy atom. The van der Waals surface area contributed by atoms with Gasteiger partial charge in [-0.3, -0.25) is 9.59 Å². The molecule has 0 unspecified atom stereocenters. The number of hydrogen-bond donors (Lipinski definition) is 2. The van der Waals surface area contributed by atoms with Gasteiger partial charge < -0.3 is 19.7 Å². The van der Waals surface area contributed by atoms with E-state index in [2.05, 4.69) is 0 Å². The first-order valence-electron chi connectivity index (χ1n) is 11.5. The van der Waals surface area contributed by atoms with Gasteiger partial charge in [0.1, 0.15) is 12.3 Å². The molecule has 0 spiro atoms. The van der Waals surface area contributed by atoms with E-state index < -0.39 is 58.4 Å². The predicted octanol–water partition coefficient (Wildman–Crippen LogP) is 2.64. The summed E-state index contributed by atoms with van der Waals surface area (Å²) in [5.41, 5.74) is -4.26. The Morgan fingerprint density at radius 1 is 1.23 bits per heavy atom. The highest BCUT2D eigenvalue weighted by Crippen LogP contribution is 2.72. The van der Waals surface area contributed by atoms with Crippen LogP contribution in [0, 0.1) is 22.7 Å². The van der Waals surface area contributed by atoms with Gasteiger partial charge in [0.25, 0.3) is 0 Å². The van der Waals surface area contributed by atoms with Crippen LogP contribution in [0.5, 0.6) is 0 Å². The van der Waals surface area contributed by atoms with E-state index in [4.69, 9.17) is 9.47 Å². The molecule has 2 N–H and O–H groups in total. The van der Waals surface area contributed by atoms with Crippen molar-refractivity contribution in [1.29, 1.82) is 0 Å². The van der Waals surface area contributed by atoms with Crippen molar-refractivity contribution in [1.82, 2.24) is 0 Å². The zero-order valence-electron chi connectivity index (χ0n) is 18.7. The molecular weight excluding hydrogens is 403 g/mol. The third-order valence-electron chi connectivity index (χ3n) is 9.59. The molecule has 172 valence electrons. The van der Waals surface area contributed by atoms with Gasteiger partial charge in [-0.25, -0.2) is 4.39 Å². The van der Waals surface area contributed by atoms with Gasteiger partial charge in [0.2, 0.25) is 0 Å². The van der Waals surface area contributed by atoms with E-state index in [0.29, 0.717) is 25.7 Å². The Morgan fingerprint density at radius 2 is 1.94 bits per heavy atom. The summed E-state index contributed by atoms with van der Waals surface area (Å²) >= 11 is 0. The van der Waals surface area contributed by atoms with Crippen LogP contribution in [-0.4, -0.2) is 57.7 Å². The molecule has 0 aromatic heterocycles. The number of fused-ring (bicyclic) bond motifs is 7. The van der Waals surface area contributed by atoms with Crippen LogP contribution in [0.3, 0.4) is 0 Å². The molecule has 3 saturated carbocycles. The van der Waals surface area contributed by atoms with Crippen LogP contribution in [0.4, 0.5) is 4.39 Å². The van der Waals surface area contributed by atoms with Crippen molar-refractivity contribution in [3.8, 4) is 0 Å². The molecule has 0 radical (unpaired) electrons. The highest BCUT2D eigenvalue weighted by molar-refractivity contribution is 5.92. The van der Waals surface area contributed by atoms with E-state index in [0.717, 1.165) is 5.57 Å². The van der Waals surface area contributed by atoms with Crippen LogP contribution in [0.2, 0.25) is 0 Å². The van der Waals surface area contributed by atoms with Crippen molar-refractivity contribution in [2.75, 3.05) is 6.61 Å². The number of aliphatic hydroxyl groups is 2. The first-order chi connectivity index (χ1) is 14.4. The van der Waals surface area contributed by atoms with Crippen LogP contribution in [0.1, 0.15) is 66.2 Å². The number of hydrogen-bond acceptors (Lipinski definition) is 6. The van der Waals surface area contributed by atoms with Crippen LogP contribution >= 0.6 is 0 Å². The van der Waals surface area contributed by atoms with Crippen molar-refractivity contribution >= 4 is 11.6 Å². The number of allylic oxidation sites excluding steroid dienone is 1. The zero-order chi connectivity index (χ0) is 22.6. The van der Waals surface area contributed by atoms with Crippen molar-refractivity contribution < 1.29 is 33.7 Å². The fourth-order valence-electron chi connectivity index (χ4n) is 8.29. The maximum Gasteiger partial charge on any atom is 0.193 e. The Hall–Kier alpha value is -1.15. The number of alkyl halides is 1. The minimum Gasteiger partial charge on any atom is -0.390 e. The fourth-order valence-corrected chi connectivity index (χ4v) is 8.29. The minimum atomic E-state index is -1.89. The number of carbonyl (C=O) groups excluding carboxylic acids is 2. The van der Waals surface area contributed by atoms with E-state index in [1.807, 2.05) is 13.8 Å². The largest absolute Gasteiger partial charge is 0.390 e. The highest BCUT2D eigenvalue weighted by Gasteiger charge is 2.80. The number of Topliss-reactive ketones (excluding diaryl/α,β-unsaturated/α-hetero) is 1. The number of ketones is 2. The first-order valence-corrected chi connectivity index (χ1v) is 11.5. The van der Waals surface area contributed by atoms with E-state index in [9.17, 15) is 19.8 Å². The molecule has 1 heterocycles. The second-order valence-electron chi connectivity index (χ2n) is 11.3. The predicted molar refractivity (Wildman–Crippen MR) is 109 cm³/mol. The summed E-state index contributed by atoms with van der Waals surface area (Å²) in [5.74, 6) is -2.17. The van der Waals surface area contributed by atoms with Gasteiger partial charge in [0.15, 0.2) is 23.0 Å². The molecule has 0 aromatic carbocycles. The number of halogens is 1. The van der Waals surface area contributed by atoms with E-state index in [1.165, 1.54) is 0 Å². The van der Waals surface area contributed by atoms with Crippen LogP contribution in [-0.2, 0) is 19.1 Å². The van der Waals surface area contributed by atoms with Gasteiger partial charge in [0, 0.05) is 23.2 Å². The normalized spacial score (nSPS) is 52.6. The second-order valence-corrected chi connectivity index (χ2v) is 11.3. The smallest absolute Gasteiger partial charge is 0.193 e. The Bertz CT molecular complexity index is 883. The lowest BCUT2D eigenvalue weighted by Crippen LogP contribution is -2.70. The Labute approximate surface area is 182 Å². The molecule has 0 bridgehead atoms. The SMILES string of the molecule is CC1(C)O[C@H]2C[C@H]3[C@@H]4CCC5=CC(=O)CC[C@]5(C)[C@@]4(F)[C@H](O)C[C@]3(C)[C@]2(C(=O)CO)O1. The maximum atomic E-state index is 17.2. The molecule has 5 rings (SSSR count). The molecular formula is C24H33FO6. The lowest BCUT2D eigenvalue weighted by Gasteiger charge is -2.63. The van der Waals surface area contributed by atoms with Gasteiger partial charge in [-0.05, 0) is 57.9 Å². The van der Waals surface area contributed by atoms with Gasteiger partial charge in [-0.15, -0.1) is 0 Å². The van der Waals surface area contributed by atoms with E-state index >= 15 is 4.39 Å². The molecule has 5 aliphatic rings. The topological polar surface area (TPSA) is 93.1 Å². The lowest BCUT2D eigenvalue weighted by molar-refractivity contribution is -0.251. The van der Waals surface area contributed by atoms with Gasteiger partial charge in [-0.2, -0.15) is 0 Å². The minimum absolute atomic E-state index is 0.0246. The summed E-state index contributed by atoms with van der Waals surface area (Å²) in [5, 5.41) is 21.2. The lowest BCUT2D eigenvalue weighted by atomic mass is 9.44. The monoisotopic (exact) mass is 436 g/mol. The number of ether oxygens (including phenoxy) is 2. The molecule has 6 nitrogen and oxygen atoms in total. The van der Waals surface area contributed by atoms with E-state index in [-0.39, 0.29) is 24.5 Å². The molecule has 1 aliphatic heterocycles. The zero-order valence-corrected chi connectivity index (χ0v) is 18.7. The quantitative estimate of drug-likeness (QED) is 0.691. The van der Waals surface area contributed by atoms with Gasteiger partial charge in [0.05, 0.1) is 12.2 Å². The molecule has 0 aromatic rings. The summed E-state index contributed by atoms with van der Waals surface area (Å²) in [7, 11) is 0.